The Morgan fingerprint density at radius 3 is 1.91 bits per heavy atom. The molecule has 0 spiro atoms. The maximum atomic E-state index is 6.81. The average Bonchev–Trinajstić information content (AvgIpc) is 3.81. The third-order valence-electron chi connectivity index (χ3n) is 10.6. The molecule has 0 aliphatic rings. The summed E-state index contributed by atoms with van der Waals surface area (Å²) in [6.07, 6.45) is 0. The highest BCUT2D eigenvalue weighted by molar-refractivity contribution is 6.23. The molecule has 53 heavy (non-hydrogen) atoms. The number of nitrogens with zero attached hydrogens (tertiary/aromatic N) is 1. The fraction of sp³-hybridized carbons (Fsp3) is 0. The Morgan fingerprint density at radius 1 is 0.340 bits per heavy atom. The van der Waals surface area contributed by atoms with Crippen LogP contribution in [0.1, 0.15) is 0 Å². The van der Waals surface area contributed by atoms with E-state index in [1.54, 1.807) is 0 Å². The maximum absolute atomic E-state index is 6.81. The van der Waals surface area contributed by atoms with Crippen LogP contribution in [0.25, 0.3) is 87.7 Å². The van der Waals surface area contributed by atoms with Crippen molar-refractivity contribution in [2.75, 3.05) is 4.90 Å². The van der Waals surface area contributed by atoms with Gasteiger partial charge in [0.05, 0.1) is 11.4 Å². The third-order valence-corrected chi connectivity index (χ3v) is 10.6. The topological polar surface area (TPSA) is 29.5 Å². The first-order valence-electron chi connectivity index (χ1n) is 18.0. The third kappa shape index (κ3) is 4.68. The van der Waals surface area contributed by atoms with Gasteiger partial charge in [0, 0.05) is 38.0 Å². The van der Waals surface area contributed by atoms with Gasteiger partial charge in [-0.25, -0.2) is 0 Å². The Balaban J connectivity index is 1.24. The second-order valence-electron chi connectivity index (χ2n) is 13.7. The molecule has 9 aromatic carbocycles. The van der Waals surface area contributed by atoms with E-state index in [2.05, 4.69) is 181 Å². The van der Waals surface area contributed by atoms with E-state index in [1.807, 2.05) is 12.1 Å². The zero-order valence-electron chi connectivity index (χ0n) is 28.7. The highest BCUT2D eigenvalue weighted by Gasteiger charge is 2.24. The van der Waals surface area contributed by atoms with Gasteiger partial charge < -0.3 is 13.7 Å². The number of furan rings is 2. The van der Waals surface area contributed by atoms with Crippen molar-refractivity contribution in [3.8, 4) is 22.3 Å². The molecule has 0 saturated carbocycles. The van der Waals surface area contributed by atoms with Crippen molar-refractivity contribution in [1.29, 1.82) is 0 Å². The molecule has 0 radical (unpaired) electrons. The zero-order valence-corrected chi connectivity index (χ0v) is 28.7. The van der Waals surface area contributed by atoms with Crippen LogP contribution in [0.3, 0.4) is 0 Å². The second kappa shape index (κ2) is 11.7. The predicted molar refractivity (Wildman–Crippen MR) is 222 cm³/mol. The second-order valence-corrected chi connectivity index (χ2v) is 13.7. The number of anilines is 3. The number of fused-ring (bicyclic) bond motifs is 9. The van der Waals surface area contributed by atoms with E-state index >= 15 is 0 Å². The highest BCUT2D eigenvalue weighted by Crippen LogP contribution is 2.49. The first kappa shape index (κ1) is 29.6. The summed E-state index contributed by atoms with van der Waals surface area (Å²) in [6.45, 7) is 0. The summed E-state index contributed by atoms with van der Waals surface area (Å²) in [4.78, 5) is 2.37. The van der Waals surface area contributed by atoms with Gasteiger partial charge in [-0.15, -0.1) is 0 Å². The Kier molecular flexibility index (Phi) is 6.55. The lowest BCUT2D eigenvalue weighted by atomic mass is 9.95. The quantitative estimate of drug-likeness (QED) is 0.182. The van der Waals surface area contributed by atoms with Crippen LogP contribution in [-0.2, 0) is 0 Å². The predicted octanol–water partition coefficient (Wildman–Crippen LogP) is 14.6. The molecule has 2 heterocycles. The molecule has 11 aromatic rings. The van der Waals surface area contributed by atoms with E-state index in [1.165, 1.54) is 10.8 Å². The molecular formula is C50H31NO2. The molecule has 0 fully saturated rings. The van der Waals surface area contributed by atoms with Gasteiger partial charge in [-0.3, -0.25) is 0 Å². The van der Waals surface area contributed by atoms with E-state index < -0.39 is 0 Å². The summed E-state index contributed by atoms with van der Waals surface area (Å²) < 4.78 is 13.5. The molecule has 0 saturated heterocycles. The summed E-state index contributed by atoms with van der Waals surface area (Å²) in [5.41, 5.74) is 11.1. The van der Waals surface area contributed by atoms with Crippen molar-refractivity contribution in [3.05, 3.63) is 188 Å². The minimum absolute atomic E-state index is 0.844. The molecule has 0 aliphatic carbocycles. The smallest absolute Gasteiger partial charge is 0.159 e. The van der Waals surface area contributed by atoms with Gasteiger partial charge >= 0.3 is 0 Å². The standard InChI is InChI=1S/C50H31NO2/c1-2-13-32(14-3-1)35-17-10-18-37(30-35)51(44-24-11-23-42-40-20-8-9-25-46(40)52-50(42)44)45-31-43-48-38(36-28-27-33-15-4-5-16-34(33)29-36)22-12-26-47(48)53-49(43)41-21-7-6-19-39(41)45/h1-31H. The van der Waals surface area contributed by atoms with E-state index in [9.17, 15) is 0 Å². The van der Waals surface area contributed by atoms with Gasteiger partial charge in [0.2, 0.25) is 0 Å². The first-order chi connectivity index (χ1) is 26.3. The van der Waals surface area contributed by atoms with Gasteiger partial charge in [-0.05, 0) is 75.5 Å². The number of hydrogen-bond acceptors (Lipinski definition) is 3. The summed E-state index contributed by atoms with van der Waals surface area (Å²) in [5, 5.41) is 8.93. The van der Waals surface area contributed by atoms with Crippen molar-refractivity contribution in [3.63, 3.8) is 0 Å². The molecule has 11 rings (SSSR count). The van der Waals surface area contributed by atoms with Crippen molar-refractivity contribution < 1.29 is 8.83 Å². The summed E-state index contributed by atoms with van der Waals surface area (Å²) >= 11 is 0. The van der Waals surface area contributed by atoms with Gasteiger partial charge in [-0.2, -0.15) is 0 Å². The monoisotopic (exact) mass is 677 g/mol. The van der Waals surface area contributed by atoms with Crippen molar-refractivity contribution in [1.82, 2.24) is 0 Å². The summed E-state index contributed by atoms with van der Waals surface area (Å²) in [7, 11) is 0. The van der Waals surface area contributed by atoms with Crippen LogP contribution in [0.15, 0.2) is 197 Å². The minimum atomic E-state index is 0.844. The minimum Gasteiger partial charge on any atom is -0.455 e. The van der Waals surface area contributed by atoms with E-state index in [0.29, 0.717) is 0 Å². The molecule has 0 atom stereocenters. The molecule has 0 amide bonds. The normalized spacial score (nSPS) is 11.8. The lowest BCUT2D eigenvalue weighted by Crippen LogP contribution is -2.11. The van der Waals surface area contributed by atoms with E-state index in [0.717, 1.165) is 94.0 Å². The molecule has 248 valence electrons. The Hall–Kier alpha value is -7.10. The van der Waals surface area contributed by atoms with Crippen molar-refractivity contribution in [2.24, 2.45) is 0 Å². The lowest BCUT2D eigenvalue weighted by Gasteiger charge is -2.27. The molecule has 0 bridgehead atoms. The van der Waals surface area contributed by atoms with Gasteiger partial charge in [0.25, 0.3) is 0 Å². The van der Waals surface area contributed by atoms with Gasteiger partial charge in [-0.1, -0.05) is 146 Å². The molecule has 3 heteroatoms. The number of benzene rings is 9. The van der Waals surface area contributed by atoms with Crippen LogP contribution in [-0.4, -0.2) is 0 Å². The molecule has 3 nitrogen and oxygen atoms in total. The van der Waals surface area contributed by atoms with Crippen LogP contribution in [0.4, 0.5) is 17.1 Å². The Morgan fingerprint density at radius 2 is 1.00 bits per heavy atom. The maximum Gasteiger partial charge on any atom is 0.159 e. The van der Waals surface area contributed by atoms with E-state index in [-0.39, 0.29) is 0 Å². The Labute approximate surface area is 305 Å². The van der Waals surface area contributed by atoms with Crippen LogP contribution >= 0.6 is 0 Å². The number of hydrogen-bond donors (Lipinski definition) is 0. The van der Waals surface area contributed by atoms with Crippen LogP contribution in [0.5, 0.6) is 0 Å². The number of para-hydroxylation sites is 2. The van der Waals surface area contributed by atoms with E-state index in [4.69, 9.17) is 8.83 Å². The molecular weight excluding hydrogens is 647 g/mol. The fourth-order valence-electron chi connectivity index (χ4n) is 8.18. The van der Waals surface area contributed by atoms with Crippen LogP contribution < -0.4 is 4.90 Å². The molecule has 0 aliphatic heterocycles. The van der Waals surface area contributed by atoms with Crippen molar-refractivity contribution >= 4 is 82.5 Å². The largest absolute Gasteiger partial charge is 0.455 e. The van der Waals surface area contributed by atoms with Gasteiger partial charge in [0.15, 0.2) is 5.58 Å². The Bertz CT molecular complexity index is 3190. The highest BCUT2D eigenvalue weighted by atomic mass is 16.3. The fourth-order valence-corrected chi connectivity index (χ4v) is 8.18. The zero-order chi connectivity index (χ0) is 34.9. The summed E-state index contributed by atoms with van der Waals surface area (Å²) in [5.74, 6) is 0. The van der Waals surface area contributed by atoms with Crippen LogP contribution in [0.2, 0.25) is 0 Å². The first-order valence-corrected chi connectivity index (χ1v) is 18.0. The SMILES string of the molecule is c1ccc(-c2cccc(N(c3cc4c(oc5cccc(-c6ccc7ccccc7c6)c54)c4ccccc34)c3cccc4c3oc3ccccc34)c2)cc1. The van der Waals surface area contributed by atoms with Crippen molar-refractivity contribution in [2.45, 2.75) is 0 Å². The average molecular weight is 678 g/mol. The van der Waals surface area contributed by atoms with Crippen LogP contribution in [0, 0.1) is 0 Å². The molecule has 2 aromatic heterocycles. The van der Waals surface area contributed by atoms with Gasteiger partial charge in [0.1, 0.15) is 16.7 Å². The molecule has 0 unspecified atom stereocenters. The molecule has 0 N–H and O–H groups in total. The number of rotatable bonds is 5. The lowest BCUT2D eigenvalue weighted by molar-refractivity contribution is 0.669. The summed E-state index contributed by atoms with van der Waals surface area (Å²) in [6, 6.07) is 66.7.